The summed E-state index contributed by atoms with van der Waals surface area (Å²) in [6.07, 6.45) is 4.53. The molecular formula is C21H36NO4P. The van der Waals surface area contributed by atoms with Gasteiger partial charge in [-0.1, -0.05) is 51.8 Å². The van der Waals surface area contributed by atoms with Crippen molar-refractivity contribution in [1.29, 1.82) is 0 Å². The highest BCUT2D eigenvalue weighted by molar-refractivity contribution is 7.57. The van der Waals surface area contributed by atoms with Crippen LogP contribution in [-0.4, -0.2) is 24.3 Å². The Balaban J connectivity index is 3.14. The van der Waals surface area contributed by atoms with Crippen LogP contribution in [0.5, 0.6) is 5.75 Å². The lowest BCUT2D eigenvalue weighted by Crippen LogP contribution is -2.36. The Bertz CT molecular complexity index is 621. The maximum Gasteiger partial charge on any atom is 0.323 e. The molecule has 0 spiro atoms. The van der Waals surface area contributed by atoms with Crippen LogP contribution in [-0.2, 0) is 26.9 Å². The molecular weight excluding hydrogens is 361 g/mol. The summed E-state index contributed by atoms with van der Waals surface area (Å²) in [4.78, 5) is 12.2. The molecule has 5 nitrogen and oxygen atoms in total. The molecule has 154 valence electrons. The topological polar surface area (TPSA) is 64.6 Å². The zero-order valence-electron chi connectivity index (χ0n) is 17.7. The van der Waals surface area contributed by atoms with Gasteiger partial charge in [-0.15, -0.1) is 0 Å². The predicted molar refractivity (Wildman–Crippen MR) is 112 cm³/mol. The molecule has 0 saturated heterocycles. The molecule has 0 aliphatic carbocycles. The third-order valence-corrected chi connectivity index (χ3v) is 6.36. The standard InChI is InChI=1S/C21H36NO4P/c1-7-11-18-13-10-14-19(12-8-2)20(18)26-27(24,15-9-3)22-17(6)21(23)25-16(4)5/h10,13-14,16-17H,7-9,11-12,15H2,1-6H3,(H,22,24)/t17-,27?/m0/s1. The number of esters is 1. The van der Waals surface area contributed by atoms with Crippen molar-refractivity contribution in [3.05, 3.63) is 29.3 Å². The summed E-state index contributed by atoms with van der Waals surface area (Å²) in [7, 11) is -3.25. The van der Waals surface area contributed by atoms with Gasteiger partial charge in [-0.05, 0) is 51.2 Å². The number of aryl methyl sites for hydroxylation is 2. The SMILES string of the molecule is CCCc1cccc(CCC)c1OP(=O)(CCC)N[C@@H](C)C(=O)OC(C)C. The lowest BCUT2D eigenvalue weighted by atomic mass is 10.0. The Morgan fingerprint density at radius 2 is 1.59 bits per heavy atom. The van der Waals surface area contributed by atoms with Crippen LogP contribution < -0.4 is 9.61 Å². The van der Waals surface area contributed by atoms with Gasteiger partial charge in [0.1, 0.15) is 11.8 Å². The molecule has 1 aromatic carbocycles. The van der Waals surface area contributed by atoms with Gasteiger partial charge in [-0.2, -0.15) is 0 Å². The average Bonchev–Trinajstić information content (AvgIpc) is 2.57. The van der Waals surface area contributed by atoms with E-state index in [0.29, 0.717) is 12.6 Å². The van der Waals surface area contributed by atoms with Gasteiger partial charge in [0.2, 0.25) is 0 Å². The van der Waals surface area contributed by atoms with Crippen molar-refractivity contribution in [3.63, 3.8) is 0 Å². The first-order valence-corrected chi connectivity index (χ1v) is 11.9. The lowest BCUT2D eigenvalue weighted by molar-refractivity contribution is -0.149. The third kappa shape index (κ3) is 7.67. The van der Waals surface area contributed by atoms with E-state index in [1.54, 1.807) is 20.8 Å². The fraction of sp³-hybridized carbons (Fsp3) is 0.667. The molecule has 1 rings (SSSR count). The number of carbonyl (C=O) groups is 1. The van der Waals surface area contributed by atoms with Crippen LogP contribution in [0.4, 0.5) is 0 Å². The fourth-order valence-electron chi connectivity index (χ4n) is 2.95. The van der Waals surface area contributed by atoms with Gasteiger partial charge in [0.05, 0.1) is 6.10 Å². The van der Waals surface area contributed by atoms with Crippen LogP contribution in [0.3, 0.4) is 0 Å². The van der Waals surface area contributed by atoms with Gasteiger partial charge in [0.25, 0.3) is 0 Å². The van der Waals surface area contributed by atoms with Crippen LogP contribution >= 0.6 is 7.52 Å². The third-order valence-electron chi connectivity index (χ3n) is 4.07. The van der Waals surface area contributed by atoms with E-state index < -0.39 is 19.5 Å². The molecule has 0 aromatic heterocycles. The first kappa shape index (κ1) is 23.7. The van der Waals surface area contributed by atoms with E-state index in [1.165, 1.54) is 0 Å². The van der Waals surface area contributed by atoms with E-state index in [1.807, 2.05) is 25.1 Å². The molecule has 2 atom stereocenters. The van der Waals surface area contributed by atoms with E-state index in [2.05, 4.69) is 18.9 Å². The molecule has 1 unspecified atom stereocenters. The van der Waals surface area contributed by atoms with Crippen molar-refractivity contribution in [2.75, 3.05) is 6.16 Å². The number of benzene rings is 1. The Hall–Kier alpha value is -1.32. The zero-order valence-corrected chi connectivity index (χ0v) is 18.6. The minimum Gasteiger partial charge on any atom is -0.462 e. The van der Waals surface area contributed by atoms with Gasteiger partial charge >= 0.3 is 13.5 Å². The van der Waals surface area contributed by atoms with E-state index in [9.17, 15) is 9.36 Å². The molecule has 0 amide bonds. The highest BCUT2D eigenvalue weighted by Gasteiger charge is 2.31. The van der Waals surface area contributed by atoms with Crippen LogP contribution in [0.1, 0.15) is 71.9 Å². The molecule has 0 aliphatic heterocycles. The van der Waals surface area contributed by atoms with Crippen molar-refractivity contribution in [3.8, 4) is 5.75 Å². The number of carbonyl (C=O) groups excluding carboxylic acids is 1. The van der Waals surface area contributed by atoms with E-state index in [4.69, 9.17) is 9.26 Å². The Kier molecular flexibility index (Phi) is 10.1. The van der Waals surface area contributed by atoms with Gasteiger partial charge in [-0.25, -0.2) is 5.09 Å². The quantitative estimate of drug-likeness (QED) is 0.372. The second-order valence-corrected chi connectivity index (χ2v) is 9.46. The van der Waals surface area contributed by atoms with Gasteiger partial charge < -0.3 is 9.26 Å². The van der Waals surface area contributed by atoms with E-state index in [0.717, 1.165) is 42.6 Å². The smallest absolute Gasteiger partial charge is 0.323 e. The average molecular weight is 397 g/mol. The normalized spacial score (nSPS) is 14.6. The molecule has 0 aliphatic rings. The minimum atomic E-state index is -3.25. The fourth-order valence-corrected chi connectivity index (χ4v) is 5.03. The van der Waals surface area contributed by atoms with Crippen molar-refractivity contribution < 1.29 is 18.6 Å². The zero-order chi connectivity index (χ0) is 20.4. The summed E-state index contributed by atoms with van der Waals surface area (Å²) in [6, 6.07) is 5.40. The first-order chi connectivity index (χ1) is 12.8. The summed E-state index contributed by atoms with van der Waals surface area (Å²) in [5.41, 5.74) is 2.14. The molecule has 0 saturated carbocycles. The van der Waals surface area contributed by atoms with Crippen LogP contribution in [0.25, 0.3) is 0 Å². The van der Waals surface area contributed by atoms with Crippen LogP contribution in [0.15, 0.2) is 18.2 Å². The van der Waals surface area contributed by atoms with Gasteiger partial charge in [0, 0.05) is 6.16 Å². The summed E-state index contributed by atoms with van der Waals surface area (Å²) in [6.45, 7) is 11.4. The summed E-state index contributed by atoms with van der Waals surface area (Å²) in [5.74, 6) is 0.301. The second-order valence-electron chi connectivity index (χ2n) is 7.23. The van der Waals surface area contributed by atoms with Crippen molar-refractivity contribution in [1.82, 2.24) is 5.09 Å². The highest BCUT2D eigenvalue weighted by Crippen LogP contribution is 2.46. The second kappa shape index (κ2) is 11.5. The molecule has 27 heavy (non-hydrogen) atoms. The minimum absolute atomic E-state index is 0.213. The lowest BCUT2D eigenvalue weighted by Gasteiger charge is -2.26. The number of ether oxygens (including phenoxy) is 1. The molecule has 0 radical (unpaired) electrons. The maximum absolute atomic E-state index is 13.6. The summed E-state index contributed by atoms with van der Waals surface area (Å²) in [5, 5.41) is 2.95. The first-order valence-electron chi connectivity index (χ1n) is 10.1. The predicted octanol–water partition coefficient (Wildman–Crippen LogP) is 5.50. The molecule has 1 N–H and O–H groups in total. The summed E-state index contributed by atoms with van der Waals surface area (Å²) >= 11 is 0. The molecule has 1 aromatic rings. The van der Waals surface area contributed by atoms with Crippen molar-refractivity contribution in [2.24, 2.45) is 0 Å². The maximum atomic E-state index is 13.6. The molecule has 0 heterocycles. The monoisotopic (exact) mass is 397 g/mol. The number of hydrogen-bond acceptors (Lipinski definition) is 4. The Labute approximate surface area is 164 Å². The molecule has 0 fully saturated rings. The largest absolute Gasteiger partial charge is 0.462 e. The van der Waals surface area contributed by atoms with Crippen molar-refractivity contribution >= 4 is 13.5 Å². The highest BCUT2D eigenvalue weighted by atomic mass is 31.2. The number of rotatable bonds is 12. The van der Waals surface area contributed by atoms with E-state index >= 15 is 0 Å². The Morgan fingerprint density at radius 1 is 1.04 bits per heavy atom. The molecule has 0 bridgehead atoms. The Morgan fingerprint density at radius 3 is 2.04 bits per heavy atom. The number of para-hydroxylation sites is 1. The van der Waals surface area contributed by atoms with Gasteiger partial charge in [-0.3, -0.25) is 9.36 Å². The van der Waals surface area contributed by atoms with Crippen molar-refractivity contribution in [2.45, 2.75) is 85.8 Å². The molecule has 6 heteroatoms. The van der Waals surface area contributed by atoms with Crippen LogP contribution in [0, 0.1) is 0 Å². The summed E-state index contributed by atoms with van der Waals surface area (Å²) < 4.78 is 25.0. The number of nitrogens with one attached hydrogen (secondary N) is 1. The van der Waals surface area contributed by atoms with E-state index in [-0.39, 0.29) is 6.10 Å². The number of hydrogen-bond donors (Lipinski definition) is 1. The van der Waals surface area contributed by atoms with Crippen LogP contribution in [0.2, 0.25) is 0 Å². The van der Waals surface area contributed by atoms with Gasteiger partial charge in [0.15, 0.2) is 0 Å².